The molecule has 0 radical (unpaired) electrons. The quantitative estimate of drug-likeness (QED) is 0.371. The lowest BCUT2D eigenvalue weighted by molar-refractivity contribution is -0.385. The van der Waals surface area contributed by atoms with E-state index in [1.54, 1.807) is 6.21 Å². The fraction of sp³-hybridized carbons (Fsp3) is 0.273. The minimum atomic E-state index is -0.483. The van der Waals surface area contributed by atoms with Crippen molar-refractivity contribution in [2.24, 2.45) is 5.10 Å². The van der Waals surface area contributed by atoms with E-state index in [0.29, 0.717) is 5.82 Å². The minimum absolute atomic E-state index is 0.0550. The summed E-state index contributed by atoms with van der Waals surface area (Å²) in [6.45, 7) is 10.7. The van der Waals surface area contributed by atoms with Gasteiger partial charge in [0.05, 0.1) is 11.1 Å². The first-order valence-electron chi connectivity index (χ1n) is 9.36. The Morgan fingerprint density at radius 1 is 1.14 bits per heavy atom. The summed E-state index contributed by atoms with van der Waals surface area (Å²) in [5, 5.41) is 14.9. The fourth-order valence-electron chi connectivity index (χ4n) is 3.15. The molecular formula is C22H25N5O2. The van der Waals surface area contributed by atoms with Gasteiger partial charge in [-0.15, -0.1) is 0 Å². The molecule has 7 nitrogen and oxygen atoms in total. The van der Waals surface area contributed by atoms with Gasteiger partial charge in [0.1, 0.15) is 12.0 Å². The largest absolute Gasteiger partial charge is 0.318 e. The van der Waals surface area contributed by atoms with Crippen LogP contribution in [0.3, 0.4) is 0 Å². The number of nitrogens with one attached hydrogen (secondary N) is 1. The molecule has 7 heteroatoms. The van der Waals surface area contributed by atoms with E-state index in [0.717, 1.165) is 22.6 Å². The normalized spacial score (nSPS) is 11.8. The Labute approximate surface area is 170 Å². The molecule has 2 aromatic heterocycles. The van der Waals surface area contributed by atoms with E-state index in [-0.39, 0.29) is 11.1 Å². The molecule has 0 aliphatic carbocycles. The van der Waals surface area contributed by atoms with Crippen LogP contribution in [-0.2, 0) is 5.41 Å². The Kier molecular flexibility index (Phi) is 5.50. The Hall–Kier alpha value is -3.48. The van der Waals surface area contributed by atoms with Gasteiger partial charge in [-0.1, -0.05) is 32.9 Å². The Morgan fingerprint density at radius 3 is 2.38 bits per heavy atom. The molecule has 0 aliphatic heterocycles. The van der Waals surface area contributed by atoms with Gasteiger partial charge < -0.3 is 4.57 Å². The van der Waals surface area contributed by atoms with E-state index in [9.17, 15) is 10.1 Å². The van der Waals surface area contributed by atoms with Crippen molar-refractivity contribution in [3.05, 3.63) is 81.3 Å². The van der Waals surface area contributed by atoms with E-state index in [1.165, 1.54) is 23.9 Å². The van der Waals surface area contributed by atoms with Crippen molar-refractivity contribution in [3.8, 4) is 5.69 Å². The molecular weight excluding hydrogens is 366 g/mol. The topological polar surface area (TPSA) is 85.3 Å². The molecule has 0 atom stereocenters. The van der Waals surface area contributed by atoms with Gasteiger partial charge in [-0.05, 0) is 49.1 Å². The summed E-state index contributed by atoms with van der Waals surface area (Å²) in [6.07, 6.45) is 2.93. The second-order valence-corrected chi connectivity index (χ2v) is 7.99. The second-order valence-electron chi connectivity index (χ2n) is 7.99. The van der Waals surface area contributed by atoms with E-state index < -0.39 is 4.92 Å². The van der Waals surface area contributed by atoms with Gasteiger partial charge in [-0.2, -0.15) is 5.10 Å². The number of hydrogen-bond acceptors (Lipinski definition) is 5. The Morgan fingerprint density at radius 2 is 1.83 bits per heavy atom. The standard InChI is InChI=1S/C22H25N5O2/c1-15-12-17(13-24-25-21-11-10-20(14-23-21)27(28)29)16(2)26(15)19-8-6-18(7-9-19)22(3,4)5/h6-14H,1-5H3,(H,23,25)/b24-13-. The lowest BCUT2D eigenvalue weighted by Gasteiger charge is -2.20. The third-order valence-corrected chi connectivity index (χ3v) is 4.80. The van der Waals surface area contributed by atoms with Crippen LogP contribution in [0.5, 0.6) is 0 Å². The maximum Gasteiger partial charge on any atom is 0.287 e. The van der Waals surface area contributed by atoms with Crippen LogP contribution in [0.2, 0.25) is 0 Å². The van der Waals surface area contributed by atoms with Gasteiger partial charge in [0, 0.05) is 28.7 Å². The summed E-state index contributed by atoms with van der Waals surface area (Å²) in [5.74, 6) is 0.443. The van der Waals surface area contributed by atoms with Crippen molar-refractivity contribution >= 4 is 17.7 Å². The number of rotatable bonds is 5. The predicted octanol–water partition coefficient (Wildman–Crippen LogP) is 5.14. The first-order valence-corrected chi connectivity index (χ1v) is 9.36. The molecule has 0 saturated heterocycles. The minimum Gasteiger partial charge on any atom is -0.318 e. The first-order chi connectivity index (χ1) is 13.7. The summed E-state index contributed by atoms with van der Waals surface area (Å²) in [5.41, 5.74) is 8.45. The highest BCUT2D eigenvalue weighted by atomic mass is 16.6. The van der Waals surface area contributed by atoms with Crippen LogP contribution in [0, 0.1) is 24.0 Å². The van der Waals surface area contributed by atoms with Crippen LogP contribution in [0.1, 0.15) is 43.3 Å². The number of nitrogens with zero attached hydrogens (tertiary/aromatic N) is 4. The second kappa shape index (κ2) is 7.87. The monoisotopic (exact) mass is 391 g/mol. The van der Waals surface area contributed by atoms with Gasteiger partial charge in [-0.3, -0.25) is 15.5 Å². The molecule has 0 amide bonds. The van der Waals surface area contributed by atoms with E-state index in [1.807, 2.05) is 0 Å². The van der Waals surface area contributed by atoms with Crippen LogP contribution in [0.15, 0.2) is 53.8 Å². The molecule has 2 heterocycles. The van der Waals surface area contributed by atoms with Crippen LogP contribution in [-0.4, -0.2) is 20.7 Å². The summed E-state index contributed by atoms with van der Waals surface area (Å²) < 4.78 is 2.19. The molecule has 1 aromatic carbocycles. The number of aryl methyl sites for hydroxylation is 1. The molecule has 0 fully saturated rings. The number of anilines is 1. The lowest BCUT2D eigenvalue weighted by Crippen LogP contribution is -2.11. The maximum absolute atomic E-state index is 10.7. The Bertz CT molecular complexity index is 1040. The Balaban J connectivity index is 1.78. The van der Waals surface area contributed by atoms with Crippen molar-refractivity contribution in [2.45, 2.75) is 40.0 Å². The number of benzene rings is 1. The van der Waals surface area contributed by atoms with Crippen LogP contribution in [0.4, 0.5) is 11.5 Å². The summed E-state index contributed by atoms with van der Waals surface area (Å²) >= 11 is 0. The zero-order valence-electron chi connectivity index (χ0n) is 17.3. The lowest BCUT2D eigenvalue weighted by atomic mass is 9.87. The molecule has 1 N–H and O–H groups in total. The number of hydrazone groups is 1. The first kappa shape index (κ1) is 20.3. The van der Waals surface area contributed by atoms with E-state index in [2.05, 4.69) is 85.0 Å². The van der Waals surface area contributed by atoms with Crippen molar-refractivity contribution in [2.75, 3.05) is 5.43 Å². The molecule has 29 heavy (non-hydrogen) atoms. The molecule has 0 saturated carbocycles. The van der Waals surface area contributed by atoms with Crippen LogP contribution in [0.25, 0.3) is 5.69 Å². The number of hydrogen-bond donors (Lipinski definition) is 1. The fourth-order valence-corrected chi connectivity index (χ4v) is 3.15. The summed E-state index contributed by atoms with van der Waals surface area (Å²) in [7, 11) is 0. The van der Waals surface area contributed by atoms with Gasteiger partial charge >= 0.3 is 0 Å². The van der Waals surface area contributed by atoms with Gasteiger partial charge in [0.25, 0.3) is 5.69 Å². The SMILES string of the molecule is Cc1cc(/C=N\Nc2ccc([N+](=O)[O-])cn2)c(C)n1-c1ccc(C(C)(C)C)cc1. The maximum atomic E-state index is 10.7. The molecule has 0 bridgehead atoms. The molecule has 150 valence electrons. The molecule has 0 aliphatic rings. The average molecular weight is 391 g/mol. The highest BCUT2D eigenvalue weighted by Gasteiger charge is 2.14. The molecule has 3 aromatic rings. The van der Waals surface area contributed by atoms with E-state index in [4.69, 9.17) is 0 Å². The predicted molar refractivity (Wildman–Crippen MR) is 116 cm³/mol. The van der Waals surface area contributed by atoms with Crippen molar-refractivity contribution in [1.29, 1.82) is 0 Å². The highest BCUT2D eigenvalue weighted by molar-refractivity contribution is 5.82. The van der Waals surface area contributed by atoms with Gasteiger partial charge in [0.2, 0.25) is 0 Å². The zero-order chi connectivity index (χ0) is 21.2. The number of nitro groups is 1. The zero-order valence-corrected chi connectivity index (χ0v) is 17.3. The average Bonchev–Trinajstić information content (AvgIpc) is 2.95. The molecule has 0 unspecified atom stereocenters. The van der Waals surface area contributed by atoms with Crippen LogP contribution >= 0.6 is 0 Å². The van der Waals surface area contributed by atoms with Gasteiger partial charge in [0.15, 0.2) is 0 Å². The summed E-state index contributed by atoms with van der Waals surface area (Å²) in [4.78, 5) is 14.2. The van der Waals surface area contributed by atoms with E-state index >= 15 is 0 Å². The molecule has 3 rings (SSSR count). The number of pyridine rings is 1. The molecule has 0 spiro atoms. The van der Waals surface area contributed by atoms with Crippen molar-refractivity contribution in [3.63, 3.8) is 0 Å². The van der Waals surface area contributed by atoms with Crippen LogP contribution < -0.4 is 5.43 Å². The third kappa shape index (κ3) is 4.51. The highest BCUT2D eigenvalue weighted by Crippen LogP contribution is 2.25. The van der Waals surface area contributed by atoms with Crippen molar-refractivity contribution in [1.82, 2.24) is 9.55 Å². The van der Waals surface area contributed by atoms with Gasteiger partial charge in [-0.25, -0.2) is 4.98 Å². The van der Waals surface area contributed by atoms with Crippen molar-refractivity contribution < 1.29 is 4.92 Å². The summed E-state index contributed by atoms with van der Waals surface area (Å²) in [6, 6.07) is 13.6. The third-order valence-electron chi connectivity index (χ3n) is 4.80. The number of aromatic nitrogens is 2. The smallest absolute Gasteiger partial charge is 0.287 e.